The van der Waals surface area contributed by atoms with Crippen LogP contribution >= 0.6 is 34.2 Å². The Hall–Kier alpha value is -0.880. The number of benzene rings is 1. The number of hydrogen-bond acceptors (Lipinski definition) is 2. The summed E-state index contributed by atoms with van der Waals surface area (Å²) in [4.78, 5) is 19.4. The summed E-state index contributed by atoms with van der Waals surface area (Å²) >= 11 is 8.04. The van der Waals surface area contributed by atoms with Crippen LogP contribution in [0.4, 0.5) is 0 Å². The lowest BCUT2D eigenvalue weighted by Gasteiger charge is -2.09. The summed E-state index contributed by atoms with van der Waals surface area (Å²) in [6.45, 7) is 4.24. The summed E-state index contributed by atoms with van der Waals surface area (Å²) in [7, 11) is 0. The van der Waals surface area contributed by atoms with Gasteiger partial charge < -0.3 is 4.98 Å². The molecule has 0 fully saturated rings. The highest BCUT2D eigenvalue weighted by atomic mass is 127. The van der Waals surface area contributed by atoms with Crippen LogP contribution in [0.15, 0.2) is 29.1 Å². The Bertz CT molecular complexity index is 667. The molecule has 5 heteroatoms. The molecular formula is C15H16ClIN2O. The molecule has 0 atom stereocenters. The molecule has 2 rings (SSSR count). The molecule has 0 aliphatic heterocycles. The van der Waals surface area contributed by atoms with Gasteiger partial charge in [-0.05, 0) is 52.6 Å². The van der Waals surface area contributed by atoms with E-state index in [1.54, 1.807) is 0 Å². The molecule has 20 heavy (non-hydrogen) atoms. The van der Waals surface area contributed by atoms with Crippen molar-refractivity contribution in [3.05, 3.63) is 60.3 Å². The predicted octanol–water partition coefficient (Wildman–Crippen LogP) is 3.82. The third-order valence-corrected chi connectivity index (χ3v) is 4.19. The molecule has 0 radical (unpaired) electrons. The topological polar surface area (TPSA) is 45.8 Å². The van der Waals surface area contributed by atoms with Crippen LogP contribution < -0.4 is 5.56 Å². The molecular weight excluding hydrogens is 387 g/mol. The highest BCUT2D eigenvalue weighted by molar-refractivity contribution is 14.1. The maximum Gasteiger partial charge on any atom is 0.264 e. The Balaban J connectivity index is 2.33. The Morgan fingerprint density at radius 3 is 2.80 bits per heavy atom. The van der Waals surface area contributed by atoms with E-state index in [2.05, 4.69) is 46.4 Å². The van der Waals surface area contributed by atoms with Gasteiger partial charge in [-0.1, -0.05) is 37.6 Å². The van der Waals surface area contributed by atoms with Gasteiger partial charge in [0.25, 0.3) is 5.56 Å². The second-order valence-corrected chi connectivity index (χ2v) is 6.69. The minimum atomic E-state index is -0.0618. The molecule has 0 saturated carbocycles. The maximum atomic E-state index is 12.0. The van der Waals surface area contributed by atoms with Crippen LogP contribution in [0.5, 0.6) is 0 Å². The Morgan fingerprint density at radius 1 is 1.40 bits per heavy atom. The first-order valence-electron chi connectivity index (χ1n) is 6.47. The SMILES string of the molecule is CC(C)Cc1nc(Cc2cccc(Cl)c2)[nH]c(=O)c1I. The van der Waals surface area contributed by atoms with Crippen molar-refractivity contribution in [2.75, 3.05) is 0 Å². The molecule has 1 aromatic heterocycles. The van der Waals surface area contributed by atoms with Crippen LogP contribution in [-0.2, 0) is 12.8 Å². The third-order valence-electron chi connectivity index (χ3n) is 2.84. The highest BCUT2D eigenvalue weighted by Gasteiger charge is 2.11. The van der Waals surface area contributed by atoms with Crippen LogP contribution in [-0.4, -0.2) is 9.97 Å². The van der Waals surface area contributed by atoms with Gasteiger partial charge >= 0.3 is 0 Å². The van der Waals surface area contributed by atoms with Crippen LogP contribution in [0, 0.1) is 9.49 Å². The van der Waals surface area contributed by atoms with E-state index in [1.807, 2.05) is 24.3 Å². The summed E-state index contributed by atoms with van der Waals surface area (Å²) in [5.74, 6) is 1.16. The fourth-order valence-corrected chi connectivity index (χ4v) is 2.69. The summed E-state index contributed by atoms with van der Waals surface area (Å²) in [5.41, 5.74) is 1.85. The van der Waals surface area contributed by atoms with E-state index in [1.165, 1.54) is 0 Å². The molecule has 0 spiro atoms. The molecule has 1 heterocycles. The summed E-state index contributed by atoms with van der Waals surface area (Å²) in [5, 5.41) is 0.692. The molecule has 106 valence electrons. The number of halogens is 2. The van der Waals surface area contributed by atoms with Gasteiger partial charge in [-0.15, -0.1) is 0 Å². The van der Waals surface area contributed by atoms with Crippen LogP contribution in [0.2, 0.25) is 5.02 Å². The molecule has 0 unspecified atom stereocenters. The van der Waals surface area contributed by atoms with Crippen molar-refractivity contribution in [2.24, 2.45) is 5.92 Å². The number of aromatic amines is 1. The number of rotatable bonds is 4. The number of nitrogens with zero attached hydrogens (tertiary/aromatic N) is 1. The van der Waals surface area contributed by atoms with Crippen molar-refractivity contribution in [2.45, 2.75) is 26.7 Å². The monoisotopic (exact) mass is 402 g/mol. The zero-order valence-corrected chi connectivity index (χ0v) is 14.3. The van der Waals surface area contributed by atoms with Gasteiger partial charge in [0, 0.05) is 11.4 Å². The van der Waals surface area contributed by atoms with E-state index < -0.39 is 0 Å². The maximum absolute atomic E-state index is 12.0. The summed E-state index contributed by atoms with van der Waals surface area (Å²) < 4.78 is 0.686. The lowest BCUT2D eigenvalue weighted by Crippen LogP contribution is -2.19. The number of hydrogen-bond donors (Lipinski definition) is 1. The van der Waals surface area contributed by atoms with Crippen LogP contribution in [0.1, 0.15) is 30.9 Å². The number of nitrogens with one attached hydrogen (secondary N) is 1. The molecule has 0 saturated heterocycles. The second kappa shape index (κ2) is 6.72. The Labute approximate surface area is 136 Å². The van der Waals surface area contributed by atoms with Gasteiger partial charge in [0.15, 0.2) is 0 Å². The van der Waals surface area contributed by atoms with Gasteiger partial charge in [-0.25, -0.2) is 4.98 Å². The first-order valence-corrected chi connectivity index (χ1v) is 7.93. The smallest absolute Gasteiger partial charge is 0.264 e. The van der Waals surface area contributed by atoms with Crippen molar-refractivity contribution in [1.82, 2.24) is 9.97 Å². The second-order valence-electron chi connectivity index (χ2n) is 5.18. The summed E-state index contributed by atoms with van der Waals surface area (Å²) in [6, 6.07) is 7.60. The van der Waals surface area contributed by atoms with Crippen molar-refractivity contribution in [1.29, 1.82) is 0 Å². The van der Waals surface area contributed by atoms with E-state index in [0.717, 1.165) is 17.7 Å². The molecule has 0 amide bonds. The molecule has 3 nitrogen and oxygen atoms in total. The summed E-state index contributed by atoms with van der Waals surface area (Å²) in [6.07, 6.45) is 1.39. The lowest BCUT2D eigenvalue weighted by atomic mass is 10.1. The average molecular weight is 403 g/mol. The highest BCUT2D eigenvalue weighted by Crippen LogP contribution is 2.15. The van der Waals surface area contributed by atoms with E-state index in [4.69, 9.17) is 11.6 Å². The van der Waals surface area contributed by atoms with Gasteiger partial charge in [0.2, 0.25) is 0 Å². The first kappa shape index (κ1) is 15.5. The fourth-order valence-electron chi connectivity index (χ4n) is 2.00. The normalized spacial score (nSPS) is 11.1. The van der Waals surface area contributed by atoms with Crippen molar-refractivity contribution >= 4 is 34.2 Å². The quantitative estimate of drug-likeness (QED) is 0.790. The molecule has 1 aromatic carbocycles. The fraction of sp³-hybridized carbons (Fsp3) is 0.333. The van der Waals surface area contributed by atoms with Gasteiger partial charge in [0.05, 0.1) is 9.26 Å². The molecule has 0 bridgehead atoms. The Kier molecular flexibility index (Phi) is 5.21. The van der Waals surface area contributed by atoms with E-state index in [0.29, 0.717) is 26.8 Å². The minimum Gasteiger partial charge on any atom is -0.309 e. The van der Waals surface area contributed by atoms with E-state index in [9.17, 15) is 4.79 Å². The van der Waals surface area contributed by atoms with Gasteiger partial charge in [-0.3, -0.25) is 4.79 Å². The number of H-pyrrole nitrogens is 1. The third kappa shape index (κ3) is 4.06. The van der Waals surface area contributed by atoms with E-state index >= 15 is 0 Å². The average Bonchev–Trinajstić information content (AvgIpc) is 2.35. The van der Waals surface area contributed by atoms with Crippen molar-refractivity contribution < 1.29 is 0 Å². The van der Waals surface area contributed by atoms with Gasteiger partial charge in [0.1, 0.15) is 5.82 Å². The zero-order valence-electron chi connectivity index (χ0n) is 11.4. The first-order chi connectivity index (χ1) is 9.45. The van der Waals surface area contributed by atoms with Crippen molar-refractivity contribution in [3.8, 4) is 0 Å². The molecule has 0 aliphatic rings. The van der Waals surface area contributed by atoms with Crippen molar-refractivity contribution in [3.63, 3.8) is 0 Å². The largest absolute Gasteiger partial charge is 0.309 e. The van der Waals surface area contributed by atoms with Crippen LogP contribution in [0.3, 0.4) is 0 Å². The predicted molar refractivity (Wildman–Crippen MR) is 90.4 cm³/mol. The number of aromatic nitrogens is 2. The molecule has 2 aromatic rings. The van der Waals surface area contributed by atoms with Gasteiger partial charge in [-0.2, -0.15) is 0 Å². The molecule has 0 aliphatic carbocycles. The zero-order chi connectivity index (χ0) is 14.7. The molecule has 1 N–H and O–H groups in total. The van der Waals surface area contributed by atoms with Crippen LogP contribution in [0.25, 0.3) is 0 Å². The standard InChI is InChI=1S/C15H16ClIN2O/c1-9(2)6-12-14(17)15(20)19-13(18-12)8-10-4-3-5-11(16)7-10/h3-5,7,9H,6,8H2,1-2H3,(H,18,19,20). The lowest BCUT2D eigenvalue weighted by molar-refractivity contribution is 0.626. The van der Waals surface area contributed by atoms with E-state index in [-0.39, 0.29) is 5.56 Å². The minimum absolute atomic E-state index is 0.0618. The Morgan fingerprint density at radius 2 is 2.15 bits per heavy atom.